The number of halogens is 2. The Morgan fingerprint density at radius 3 is 2.14 bits per heavy atom. The number of ketones is 1. The SMILES string of the molecule is CC(=O)C1=NN(c2ccc(Br)cc2)[C@]2(S1)c1ccccc1C(c1ccc(Cl)cc1)=NN2c1ccccc1. The summed E-state index contributed by atoms with van der Waals surface area (Å²) in [5.41, 5.74) is 5.41. The highest BCUT2D eigenvalue weighted by molar-refractivity contribution is 9.10. The van der Waals surface area contributed by atoms with Gasteiger partial charge in [0.1, 0.15) is 0 Å². The highest BCUT2D eigenvalue weighted by atomic mass is 79.9. The van der Waals surface area contributed by atoms with Gasteiger partial charge in [-0.15, -0.1) is 0 Å². The van der Waals surface area contributed by atoms with Gasteiger partial charge in [-0.3, -0.25) is 4.79 Å². The molecule has 0 saturated heterocycles. The van der Waals surface area contributed by atoms with Crippen LogP contribution in [0.3, 0.4) is 0 Å². The van der Waals surface area contributed by atoms with Crippen LogP contribution in [0.15, 0.2) is 118 Å². The van der Waals surface area contributed by atoms with E-state index >= 15 is 0 Å². The molecule has 182 valence electrons. The average Bonchev–Trinajstić information content (AvgIpc) is 3.32. The summed E-state index contributed by atoms with van der Waals surface area (Å²) in [6.07, 6.45) is 0. The molecular formula is C29H20BrClN4OS. The molecule has 0 aromatic heterocycles. The third kappa shape index (κ3) is 4.07. The van der Waals surface area contributed by atoms with Crippen LogP contribution in [-0.4, -0.2) is 16.5 Å². The fourth-order valence-electron chi connectivity index (χ4n) is 4.55. The highest BCUT2D eigenvalue weighted by Gasteiger charge is 2.55. The second kappa shape index (κ2) is 9.49. The van der Waals surface area contributed by atoms with Gasteiger partial charge < -0.3 is 0 Å². The number of hydrogen-bond donors (Lipinski definition) is 0. The summed E-state index contributed by atoms with van der Waals surface area (Å²) in [5.74, 6) is -0.0954. The molecule has 4 aromatic carbocycles. The van der Waals surface area contributed by atoms with E-state index < -0.39 is 4.99 Å². The fourth-order valence-corrected chi connectivity index (χ4v) is 6.23. The topological polar surface area (TPSA) is 48.3 Å². The molecule has 8 heteroatoms. The van der Waals surface area contributed by atoms with Gasteiger partial charge in [0.05, 0.1) is 17.1 Å². The van der Waals surface area contributed by atoms with Crippen LogP contribution in [0.5, 0.6) is 0 Å². The van der Waals surface area contributed by atoms with E-state index in [1.165, 1.54) is 11.8 Å². The van der Waals surface area contributed by atoms with Gasteiger partial charge in [0.25, 0.3) is 0 Å². The first-order chi connectivity index (χ1) is 18.0. The van der Waals surface area contributed by atoms with Crippen molar-refractivity contribution in [2.24, 2.45) is 10.2 Å². The highest BCUT2D eigenvalue weighted by Crippen LogP contribution is 2.55. The summed E-state index contributed by atoms with van der Waals surface area (Å²) in [6.45, 7) is 1.55. The molecule has 2 aliphatic heterocycles. The van der Waals surface area contributed by atoms with Crippen molar-refractivity contribution in [2.45, 2.75) is 11.9 Å². The monoisotopic (exact) mass is 586 g/mol. The summed E-state index contributed by atoms with van der Waals surface area (Å²) in [5, 5.41) is 15.1. The maximum absolute atomic E-state index is 12.7. The lowest BCUT2D eigenvalue weighted by Gasteiger charge is -2.47. The Balaban J connectivity index is 1.66. The number of fused-ring (bicyclic) bond motifs is 2. The minimum absolute atomic E-state index is 0.0954. The zero-order chi connectivity index (χ0) is 25.6. The molecule has 0 bridgehead atoms. The summed E-state index contributed by atoms with van der Waals surface area (Å²) in [4.78, 5) is 11.8. The molecule has 0 amide bonds. The largest absolute Gasteiger partial charge is 0.292 e. The Labute approximate surface area is 232 Å². The number of benzene rings is 4. The first-order valence-corrected chi connectivity index (χ1v) is 13.6. The number of hydrazone groups is 2. The van der Waals surface area contributed by atoms with E-state index in [-0.39, 0.29) is 5.78 Å². The smallest absolute Gasteiger partial charge is 0.234 e. The molecule has 37 heavy (non-hydrogen) atoms. The maximum atomic E-state index is 12.7. The zero-order valence-electron chi connectivity index (χ0n) is 19.7. The van der Waals surface area contributed by atoms with Gasteiger partial charge in [-0.2, -0.15) is 10.2 Å². The van der Waals surface area contributed by atoms with Gasteiger partial charge in [0.15, 0.2) is 10.8 Å². The van der Waals surface area contributed by atoms with E-state index in [0.29, 0.717) is 10.1 Å². The molecule has 4 aromatic rings. The molecule has 0 fully saturated rings. The van der Waals surface area contributed by atoms with Gasteiger partial charge >= 0.3 is 0 Å². The minimum atomic E-state index is -0.970. The molecule has 0 unspecified atom stereocenters. The van der Waals surface area contributed by atoms with Crippen LogP contribution in [0.4, 0.5) is 11.4 Å². The van der Waals surface area contributed by atoms with E-state index in [2.05, 4.69) is 28.1 Å². The lowest BCUT2D eigenvalue weighted by molar-refractivity contribution is -0.110. The Hall–Kier alpha value is -3.39. The van der Waals surface area contributed by atoms with Crippen molar-refractivity contribution in [1.82, 2.24) is 0 Å². The number of anilines is 2. The normalized spacial score (nSPS) is 18.5. The molecule has 1 spiro atoms. The van der Waals surface area contributed by atoms with E-state index in [4.69, 9.17) is 21.8 Å². The molecule has 1 atom stereocenters. The molecule has 5 nitrogen and oxygen atoms in total. The van der Waals surface area contributed by atoms with E-state index in [1.807, 2.05) is 101 Å². The molecular weight excluding hydrogens is 568 g/mol. The van der Waals surface area contributed by atoms with Gasteiger partial charge in [0, 0.05) is 33.1 Å². The molecule has 2 aliphatic rings. The number of nitrogens with zero attached hydrogens (tertiary/aromatic N) is 4. The first kappa shape index (κ1) is 24.0. The van der Waals surface area contributed by atoms with E-state index in [0.717, 1.165) is 38.2 Å². The number of carbonyl (C=O) groups is 1. The third-order valence-electron chi connectivity index (χ3n) is 6.23. The Morgan fingerprint density at radius 1 is 0.811 bits per heavy atom. The Kier molecular flexibility index (Phi) is 6.15. The molecule has 0 saturated carbocycles. The number of thioether (sulfide) groups is 1. The quantitative estimate of drug-likeness (QED) is 0.246. The van der Waals surface area contributed by atoms with Crippen LogP contribution < -0.4 is 10.0 Å². The van der Waals surface area contributed by atoms with Gasteiger partial charge in [-0.25, -0.2) is 10.0 Å². The van der Waals surface area contributed by atoms with Crippen molar-refractivity contribution < 1.29 is 4.79 Å². The van der Waals surface area contributed by atoms with Crippen molar-refractivity contribution in [3.05, 3.63) is 129 Å². The lowest BCUT2D eigenvalue weighted by Crippen LogP contribution is -2.54. The van der Waals surface area contributed by atoms with Crippen LogP contribution in [0, 0.1) is 0 Å². The number of para-hydroxylation sites is 1. The van der Waals surface area contributed by atoms with E-state index in [9.17, 15) is 4.79 Å². The predicted molar refractivity (Wildman–Crippen MR) is 156 cm³/mol. The number of carbonyl (C=O) groups excluding carboxylic acids is 1. The summed E-state index contributed by atoms with van der Waals surface area (Å²) < 4.78 is 0.958. The minimum Gasteiger partial charge on any atom is -0.292 e. The third-order valence-corrected chi connectivity index (χ3v) is 8.42. The van der Waals surface area contributed by atoms with Crippen LogP contribution in [0.25, 0.3) is 0 Å². The molecule has 0 aliphatic carbocycles. The molecule has 0 N–H and O–H groups in total. The van der Waals surface area contributed by atoms with Crippen molar-refractivity contribution in [3.63, 3.8) is 0 Å². The fraction of sp³-hybridized carbons (Fsp3) is 0.0690. The number of Topliss-reactive ketones (excluding diaryl/α,β-unsaturated/α-hetero) is 1. The predicted octanol–water partition coefficient (Wildman–Crippen LogP) is 7.64. The van der Waals surface area contributed by atoms with Crippen molar-refractivity contribution in [3.8, 4) is 0 Å². The summed E-state index contributed by atoms with van der Waals surface area (Å²) >= 11 is 11.1. The van der Waals surface area contributed by atoms with Gasteiger partial charge in [-0.05, 0) is 60.3 Å². The Bertz CT molecular complexity index is 1560. The van der Waals surface area contributed by atoms with Crippen LogP contribution >= 0.6 is 39.3 Å². The molecule has 2 heterocycles. The first-order valence-electron chi connectivity index (χ1n) is 11.6. The van der Waals surface area contributed by atoms with Crippen LogP contribution in [-0.2, 0) is 9.79 Å². The van der Waals surface area contributed by atoms with Crippen LogP contribution in [0.1, 0.15) is 23.6 Å². The maximum Gasteiger partial charge on any atom is 0.234 e. The molecule has 6 rings (SSSR count). The van der Waals surface area contributed by atoms with E-state index in [1.54, 1.807) is 6.92 Å². The second-order valence-corrected chi connectivity index (χ2v) is 11.1. The average molecular weight is 588 g/mol. The van der Waals surface area contributed by atoms with Crippen molar-refractivity contribution in [2.75, 3.05) is 10.0 Å². The molecule has 0 radical (unpaired) electrons. The van der Waals surface area contributed by atoms with Gasteiger partial charge in [-0.1, -0.05) is 82.1 Å². The number of hydrogen-bond acceptors (Lipinski definition) is 6. The summed E-state index contributed by atoms with van der Waals surface area (Å²) in [6, 6.07) is 33.8. The lowest BCUT2D eigenvalue weighted by atomic mass is 9.93. The zero-order valence-corrected chi connectivity index (χ0v) is 22.8. The van der Waals surface area contributed by atoms with Crippen molar-refractivity contribution in [1.29, 1.82) is 0 Å². The van der Waals surface area contributed by atoms with Crippen LogP contribution in [0.2, 0.25) is 5.02 Å². The van der Waals surface area contributed by atoms with Gasteiger partial charge in [0.2, 0.25) is 4.99 Å². The second-order valence-electron chi connectivity index (χ2n) is 8.61. The Morgan fingerprint density at radius 2 is 1.43 bits per heavy atom. The standard InChI is InChI=1S/C29H20BrClN4OS/c1-19(36)28-33-35(24-17-13-21(30)14-18-24)29(37-28)26-10-6-5-9-25(26)27(20-11-15-22(31)16-12-20)32-34(29)23-7-3-2-4-8-23/h2-18H,1H3/t29-/m0/s1. The van der Waals surface area contributed by atoms with Crippen molar-refractivity contribution >= 4 is 67.2 Å². The number of rotatable bonds is 4. The summed E-state index contributed by atoms with van der Waals surface area (Å²) in [7, 11) is 0.